The molecule has 0 radical (unpaired) electrons. The number of para-hydroxylation sites is 1. The minimum Gasteiger partial charge on any atom is -0.507 e. The van der Waals surface area contributed by atoms with Crippen LogP contribution in [0.2, 0.25) is 0 Å². The maximum absolute atomic E-state index is 12.2. The van der Waals surface area contributed by atoms with Crippen LogP contribution in [-0.2, 0) is 10.0 Å². The van der Waals surface area contributed by atoms with Gasteiger partial charge in [0.25, 0.3) is 10.0 Å². The highest BCUT2D eigenvalue weighted by molar-refractivity contribution is 7.89. The van der Waals surface area contributed by atoms with E-state index in [0.29, 0.717) is 23.4 Å². The maximum Gasteiger partial charge on any atom is 0.276 e. The predicted molar refractivity (Wildman–Crippen MR) is 88.3 cm³/mol. The molecule has 0 saturated carbocycles. The van der Waals surface area contributed by atoms with E-state index >= 15 is 0 Å². The maximum atomic E-state index is 12.2. The average molecular weight is 334 g/mol. The Bertz CT molecular complexity index is 799. The molecule has 0 aromatic heterocycles. The zero-order chi connectivity index (χ0) is 16.9. The zero-order valence-corrected chi connectivity index (χ0v) is 13.7. The van der Waals surface area contributed by atoms with Gasteiger partial charge in [-0.1, -0.05) is 19.1 Å². The highest BCUT2D eigenvalue weighted by Gasteiger charge is 2.14. The lowest BCUT2D eigenvalue weighted by molar-refractivity contribution is 0.414. The van der Waals surface area contributed by atoms with Crippen LogP contribution < -0.4 is 9.57 Å². The minimum atomic E-state index is -3.79. The van der Waals surface area contributed by atoms with Gasteiger partial charge in [0.2, 0.25) is 0 Å². The number of rotatable bonds is 6. The molecule has 7 heteroatoms. The average Bonchev–Trinajstić information content (AvgIpc) is 2.57. The molecule has 2 rings (SSSR count). The molecule has 0 amide bonds. The van der Waals surface area contributed by atoms with Crippen molar-refractivity contribution in [2.75, 3.05) is 7.11 Å². The number of ether oxygens (including phenoxy) is 1. The summed E-state index contributed by atoms with van der Waals surface area (Å²) in [6.45, 7) is 1.83. The standard InChI is InChI=1S/C16H18N2O4S/c1-3-15(14-6-4-5-7-16(14)19)17-18-23(20,21)13-10-8-12(22-2)9-11-13/h4-11,18-19H,3H2,1-2H3/b17-15+. The number of phenols is 1. The highest BCUT2D eigenvalue weighted by atomic mass is 32.2. The van der Waals surface area contributed by atoms with Gasteiger partial charge in [-0.2, -0.15) is 18.4 Å². The number of aromatic hydroxyl groups is 1. The lowest BCUT2D eigenvalue weighted by Gasteiger charge is -2.09. The monoisotopic (exact) mass is 334 g/mol. The van der Waals surface area contributed by atoms with E-state index in [9.17, 15) is 13.5 Å². The fourth-order valence-corrected chi connectivity index (χ4v) is 2.80. The molecule has 0 fully saturated rings. The number of nitrogens with one attached hydrogen (secondary N) is 1. The Balaban J connectivity index is 2.26. The Morgan fingerprint density at radius 3 is 2.39 bits per heavy atom. The van der Waals surface area contributed by atoms with Gasteiger partial charge in [-0.05, 0) is 42.8 Å². The Morgan fingerprint density at radius 1 is 1.17 bits per heavy atom. The molecule has 122 valence electrons. The molecule has 0 bridgehead atoms. The Morgan fingerprint density at radius 2 is 1.83 bits per heavy atom. The summed E-state index contributed by atoms with van der Waals surface area (Å²) in [4.78, 5) is 2.28. The molecule has 0 aliphatic rings. The molecule has 0 heterocycles. The molecule has 0 unspecified atom stereocenters. The lowest BCUT2D eigenvalue weighted by atomic mass is 10.1. The van der Waals surface area contributed by atoms with Crippen molar-refractivity contribution in [3.05, 3.63) is 54.1 Å². The summed E-state index contributed by atoms with van der Waals surface area (Å²) in [5.41, 5.74) is 0.938. The van der Waals surface area contributed by atoms with Crippen molar-refractivity contribution in [1.29, 1.82) is 0 Å². The normalized spacial score (nSPS) is 12.0. The van der Waals surface area contributed by atoms with Gasteiger partial charge in [0.05, 0.1) is 17.7 Å². The Hall–Kier alpha value is -2.54. The Kier molecular flexibility index (Phi) is 5.23. The fraction of sp³-hybridized carbons (Fsp3) is 0.188. The third-order valence-corrected chi connectivity index (χ3v) is 4.44. The summed E-state index contributed by atoms with van der Waals surface area (Å²) in [6.07, 6.45) is 0.461. The van der Waals surface area contributed by atoms with Crippen molar-refractivity contribution in [1.82, 2.24) is 4.83 Å². The summed E-state index contributed by atoms with van der Waals surface area (Å²) in [5, 5.41) is 13.8. The molecular formula is C16H18N2O4S. The van der Waals surface area contributed by atoms with E-state index in [1.165, 1.54) is 25.3 Å². The lowest BCUT2D eigenvalue weighted by Crippen LogP contribution is -2.20. The van der Waals surface area contributed by atoms with E-state index in [0.717, 1.165) is 0 Å². The van der Waals surface area contributed by atoms with Crippen molar-refractivity contribution in [2.45, 2.75) is 18.2 Å². The first-order valence-electron chi connectivity index (χ1n) is 6.98. The van der Waals surface area contributed by atoms with Crippen molar-refractivity contribution in [3.63, 3.8) is 0 Å². The third kappa shape index (κ3) is 4.01. The van der Waals surface area contributed by atoms with Crippen molar-refractivity contribution in [2.24, 2.45) is 5.10 Å². The first-order valence-corrected chi connectivity index (χ1v) is 8.47. The number of hydrogen-bond donors (Lipinski definition) is 2. The molecule has 0 atom stereocenters. The quantitative estimate of drug-likeness (QED) is 0.627. The number of methoxy groups -OCH3 is 1. The molecule has 2 N–H and O–H groups in total. The largest absolute Gasteiger partial charge is 0.507 e. The van der Waals surface area contributed by atoms with E-state index in [1.54, 1.807) is 30.3 Å². The summed E-state index contributed by atoms with van der Waals surface area (Å²) < 4.78 is 29.5. The van der Waals surface area contributed by atoms with Gasteiger partial charge in [-0.3, -0.25) is 0 Å². The Labute approximate surface area is 135 Å². The first kappa shape index (κ1) is 16.8. The van der Waals surface area contributed by atoms with Crippen LogP contribution in [0.15, 0.2) is 58.5 Å². The van der Waals surface area contributed by atoms with Crippen LogP contribution in [0.5, 0.6) is 11.5 Å². The van der Waals surface area contributed by atoms with Crippen molar-refractivity contribution in [3.8, 4) is 11.5 Å². The molecule has 0 aliphatic carbocycles. The number of phenolic OH excluding ortho intramolecular Hbond substituents is 1. The predicted octanol–water partition coefficient (Wildman–Crippen LogP) is 2.49. The van der Waals surface area contributed by atoms with Crippen LogP contribution in [0.1, 0.15) is 18.9 Å². The molecule has 2 aromatic carbocycles. The minimum absolute atomic E-state index is 0.0525. The van der Waals surface area contributed by atoms with E-state index in [-0.39, 0.29) is 10.6 Å². The summed E-state index contributed by atoms with van der Waals surface area (Å²) in [5.74, 6) is 0.618. The second kappa shape index (κ2) is 7.15. The fourth-order valence-electron chi connectivity index (χ4n) is 1.97. The van der Waals surface area contributed by atoms with E-state index in [2.05, 4.69) is 9.93 Å². The second-order valence-corrected chi connectivity index (χ2v) is 6.36. The van der Waals surface area contributed by atoms with Crippen molar-refractivity contribution < 1.29 is 18.3 Å². The van der Waals surface area contributed by atoms with Gasteiger partial charge in [0.15, 0.2) is 0 Å². The number of nitrogens with zero attached hydrogens (tertiary/aromatic N) is 1. The zero-order valence-electron chi connectivity index (χ0n) is 12.9. The van der Waals surface area contributed by atoms with Gasteiger partial charge in [-0.15, -0.1) is 0 Å². The van der Waals surface area contributed by atoms with E-state index < -0.39 is 10.0 Å². The van der Waals surface area contributed by atoms with Crippen LogP contribution in [0, 0.1) is 0 Å². The van der Waals surface area contributed by atoms with Crippen molar-refractivity contribution >= 4 is 15.7 Å². The topological polar surface area (TPSA) is 88.0 Å². The SMILES string of the molecule is CC/C(=N\NS(=O)(=O)c1ccc(OC)cc1)c1ccccc1O. The van der Waals surface area contributed by atoms with Crippen LogP contribution in [0.4, 0.5) is 0 Å². The van der Waals surface area contributed by atoms with Gasteiger partial charge in [0.1, 0.15) is 11.5 Å². The molecule has 0 spiro atoms. The number of sulfonamides is 1. The third-order valence-electron chi connectivity index (χ3n) is 3.22. The van der Waals surface area contributed by atoms with Crippen LogP contribution >= 0.6 is 0 Å². The number of benzene rings is 2. The van der Waals surface area contributed by atoms with Crippen LogP contribution in [-0.4, -0.2) is 26.3 Å². The van der Waals surface area contributed by atoms with Gasteiger partial charge >= 0.3 is 0 Å². The summed E-state index contributed by atoms with van der Waals surface area (Å²) >= 11 is 0. The van der Waals surface area contributed by atoms with E-state index in [4.69, 9.17) is 4.74 Å². The van der Waals surface area contributed by atoms with E-state index in [1.807, 2.05) is 6.92 Å². The highest BCUT2D eigenvalue weighted by Crippen LogP contribution is 2.19. The van der Waals surface area contributed by atoms with Gasteiger partial charge in [-0.25, -0.2) is 0 Å². The second-order valence-electron chi connectivity index (χ2n) is 4.70. The molecule has 0 saturated heterocycles. The summed E-state index contributed by atoms with van der Waals surface area (Å²) in [6, 6.07) is 12.6. The van der Waals surface area contributed by atoms with Gasteiger partial charge < -0.3 is 9.84 Å². The van der Waals surface area contributed by atoms with Gasteiger partial charge in [0, 0.05) is 5.56 Å². The number of hydrazone groups is 1. The van der Waals surface area contributed by atoms with Crippen LogP contribution in [0.25, 0.3) is 0 Å². The molecular weight excluding hydrogens is 316 g/mol. The first-order chi connectivity index (χ1) is 11.0. The smallest absolute Gasteiger partial charge is 0.276 e. The number of hydrogen-bond acceptors (Lipinski definition) is 5. The van der Waals surface area contributed by atoms with Crippen LogP contribution in [0.3, 0.4) is 0 Å². The molecule has 0 aliphatic heterocycles. The molecule has 6 nitrogen and oxygen atoms in total. The molecule has 2 aromatic rings. The molecule has 23 heavy (non-hydrogen) atoms. The summed E-state index contributed by atoms with van der Waals surface area (Å²) in [7, 11) is -2.28.